The molecule has 0 saturated carbocycles. The molecule has 2 rings (SSSR count). The summed E-state index contributed by atoms with van der Waals surface area (Å²) < 4.78 is 12.0. The molecule has 0 spiro atoms. The molecule has 0 bridgehead atoms. The molecule has 7 heteroatoms. The number of benzene rings is 1. The summed E-state index contributed by atoms with van der Waals surface area (Å²) in [4.78, 5) is 12.4. The zero-order valence-electron chi connectivity index (χ0n) is 15.9. The zero-order chi connectivity index (χ0) is 19.3. The second-order valence-electron chi connectivity index (χ2n) is 6.61. The Balaban J connectivity index is 2.04. The van der Waals surface area contributed by atoms with Crippen LogP contribution >= 0.6 is 0 Å². The molecule has 0 fully saturated rings. The van der Waals surface area contributed by atoms with Gasteiger partial charge < -0.3 is 19.9 Å². The molecule has 2 aromatic rings. The summed E-state index contributed by atoms with van der Waals surface area (Å²) in [6, 6.07) is 6.94. The number of nitrogens with zero attached hydrogens (tertiary/aromatic N) is 2. The number of nitrogens with one attached hydrogen (secondary N) is 1. The first-order valence-electron chi connectivity index (χ1n) is 8.56. The Hall–Kier alpha value is -2.54. The standard InChI is InChI=1S/C19H27N3O4/c1-12(2)6-14-9-17(22(3)21-14)19(24)20-11-18(23)13-7-15(25-4)10-16(8-13)26-5/h7-10,12,18,23H,6,11H2,1-5H3,(H,20,24). The van der Waals surface area contributed by atoms with E-state index in [9.17, 15) is 9.90 Å². The van der Waals surface area contributed by atoms with Crippen molar-refractivity contribution in [3.8, 4) is 11.5 Å². The largest absolute Gasteiger partial charge is 0.497 e. The topological polar surface area (TPSA) is 85.6 Å². The van der Waals surface area contributed by atoms with Crippen LogP contribution in [-0.2, 0) is 13.5 Å². The quantitative estimate of drug-likeness (QED) is 0.752. The van der Waals surface area contributed by atoms with E-state index < -0.39 is 6.10 Å². The van der Waals surface area contributed by atoms with Crippen LogP contribution in [0.5, 0.6) is 11.5 Å². The van der Waals surface area contributed by atoms with E-state index in [2.05, 4.69) is 24.3 Å². The van der Waals surface area contributed by atoms with E-state index in [1.54, 1.807) is 50.2 Å². The maximum absolute atomic E-state index is 12.4. The lowest BCUT2D eigenvalue weighted by Crippen LogP contribution is -2.29. The Bertz CT molecular complexity index is 733. The number of amides is 1. The van der Waals surface area contributed by atoms with Crippen molar-refractivity contribution in [2.75, 3.05) is 20.8 Å². The molecule has 26 heavy (non-hydrogen) atoms. The zero-order valence-corrected chi connectivity index (χ0v) is 15.9. The number of aliphatic hydroxyl groups is 1. The Morgan fingerprint density at radius 3 is 2.35 bits per heavy atom. The van der Waals surface area contributed by atoms with Crippen molar-refractivity contribution < 1.29 is 19.4 Å². The number of hydrogen-bond donors (Lipinski definition) is 2. The number of hydrogen-bond acceptors (Lipinski definition) is 5. The number of carbonyl (C=O) groups excluding carboxylic acids is 1. The highest BCUT2D eigenvalue weighted by atomic mass is 16.5. The van der Waals surface area contributed by atoms with Crippen molar-refractivity contribution in [3.63, 3.8) is 0 Å². The lowest BCUT2D eigenvalue weighted by molar-refractivity contribution is 0.0907. The fourth-order valence-electron chi connectivity index (χ4n) is 2.68. The number of aryl methyl sites for hydroxylation is 1. The minimum absolute atomic E-state index is 0.0693. The van der Waals surface area contributed by atoms with E-state index in [0.717, 1.165) is 12.1 Å². The van der Waals surface area contributed by atoms with Crippen LogP contribution in [0.2, 0.25) is 0 Å². The summed E-state index contributed by atoms with van der Waals surface area (Å²) in [5, 5.41) is 17.5. The Morgan fingerprint density at radius 1 is 1.19 bits per heavy atom. The first-order valence-corrected chi connectivity index (χ1v) is 8.56. The van der Waals surface area contributed by atoms with Crippen molar-refractivity contribution in [2.24, 2.45) is 13.0 Å². The Kier molecular flexibility index (Phi) is 6.63. The van der Waals surface area contributed by atoms with Crippen molar-refractivity contribution in [1.82, 2.24) is 15.1 Å². The van der Waals surface area contributed by atoms with Gasteiger partial charge in [-0.15, -0.1) is 0 Å². The molecule has 0 saturated heterocycles. The van der Waals surface area contributed by atoms with E-state index in [4.69, 9.17) is 9.47 Å². The van der Waals surface area contributed by atoms with Crippen LogP contribution in [-0.4, -0.2) is 41.6 Å². The van der Waals surface area contributed by atoms with Crippen molar-refractivity contribution in [3.05, 3.63) is 41.2 Å². The maximum atomic E-state index is 12.4. The minimum atomic E-state index is -0.883. The average molecular weight is 361 g/mol. The summed E-state index contributed by atoms with van der Waals surface area (Å²) >= 11 is 0. The van der Waals surface area contributed by atoms with Gasteiger partial charge in [0.05, 0.1) is 26.0 Å². The predicted octanol–water partition coefficient (Wildman–Crippen LogP) is 2.10. The highest BCUT2D eigenvalue weighted by Gasteiger charge is 2.17. The molecule has 1 aromatic carbocycles. The van der Waals surface area contributed by atoms with E-state index in [1.807, 2.05) is 0 Å². The normalized spacial score (nSPS) is 12.1. The van der Waals surface area contributed by atoms with E-state index >= 15 is 0 Å². The number of aliphatic hydroxyl groups excluding tert-OH is 1. The molecule has 0 aliphatic rings. The molecule has 1 unspecified atom stereocenters. The predicted molar refractivity (Wildman–Crippen MR) is 98.6 cm³/mol. The molecule has 0 aliphatic heterocycles. The van der Waals surface area contributed by atoms with Gasteiger partial charge in [-0.1, -0.05) is 13.8 Å². The fraction of sp³-hybridized carbons (Fsp3) is 0.474. The first-order chi connectivity index (χ1) is 12.3. The molecule has 1 atom stereocenters. The van der Waals surface area contributed by atoms with E-state index in [1.165, 1.54) is 0 Å². The van der Waals surface area contributed by atoms with Gasteiger partial charge in [-0.25, -0.2) is 0 Å². The first kappa shape index (κ1) is 19.8. The van der Waals surface area contributed by atoms with Gasteiger partial charge in [-0.05, 0) is 36.1 Å². The molecular formula is C19H27N3O4. The van der Waals surface area contributed by atoms with Gasteiger partial charge in [0, 0.05) is 19.7 Å². The van der Waals surface area contributed by atoms with Gasteiger partial charge in [0.1, 0.15) is 17.2 Å². The van der Waals surface area contributed by atoms with Gasteiger partial charge in [-0.3, -0.25) is 9.48 Å². The molecule has 142 valence electrons. The monoisotopic (exact) mass is 361 g/mol. The highest BCUT2D eigenvalue weighted by Crippen LogP contribution is 2.26. The number of methoxy groups -OCH3 is 2. The molecule has 0 radical (unpaired) electrons. The van der Waals surface area contributed by atoms with E-state index in [-0.39, 0.29) is 12.5 Å². The number of rotatable bonds is 8. The van der Waals surface area contributed by atoms with Crippen LogP contribution < -0.4 is 14.8 Å². The maximum Gasteiger partial charge on any atom is 0.269 e. The lowest BCUT2D eigenvalue weighted by Gasteiger charge is -2.14. The van der Waals surface area contributed by atoms with Gasteiger partial charge >= 0.3 is 0 Å². The van der Waals surface area contributed by atoms with Crippen LogP contribution in [0.3, 0.4) is 0 Å². The second-order valence-corrected chi connectivity index (χ2v) is 6.61. The van der Waals surface area contributed by atoms with Crippen molar-refractivity contribution in [2.45, 2.75) is 26.4 Å². The third kappa shape index (κ3) is 4.98. The van der Waals surface area contributed by atoms with Gasteiger partial charge in [0.2, 0.25) is 0 Å². The summed E-state index contributed by atoms with van der Waals surface area (Å²) in [6.45, 7) is 4.28. The van der Waals surface area contributed by atoms with Crippen LogP contribution in [0.1, 0.15) is 41.7 Å². The van der Waals surface area contributed by atoms with Crippen molar-refractivity contribution in [1.29, 1.82) is 0 Å². The van der Waals surface area contributed by atoms with Crippen LogP contribution in [0, 0.1) is 5.92 Å². The third-order valence-electron chi connectivity index (χ3n) is 3.99. The van der Waals surface area contributed by atoms with Gasteiger partial charge in [0.25, 0.3) is 5.91 Å². The van der Waals surface area contributed by atoms with Crippen LogP contribution in [0.15, 0.2) is 24.3 Å². The Labute approximate surface area is 153 Å². The highest BCUT2D eigenvalue weighted by molar-refractivity contribution is 5.92. The van der Waals surface area contributed by atoms with Gasteiger partial charge in [-0.2, -0.15) is 5.10 Å². The lowest BCUT2D eigenvalue weighted by atomic mass is 10.1. The Morgan fingerprint density at radius 2 is 1.81 bits per heavy atom. The molecule has 1 heterocycles. The second kappa shape index (κ2) is 8.71. The number of ether oxygens (including phenoxy) is 2. The molecule has 1 amide bonds. The summed E-state index contributed by atoms with van der Waals surface area (Å²) in [7, 11) is 4.83. The summed E-state index contributed by atoms with van der Waals surface area (Å²) in [5.41, 5.74) is 1.95. The number of carbonyl (C=O) groups is 1. The average Bonchev–Trinajstić information content (AvgIpc) is 2.98. The molecule has 1 aromatic heterocycles. The summed E-state index contributed by atoms with van der Waals surface area (Å²) in [5.74, 6) is 1.35. The third-order valence-corrected chi connectivity index (χ3v) is 3.99. The van der Waals surface area contributed by atoms with Crippen LogP contribution in [0.25, 0.3) is 0 Å². The minimum Gasteiger partial charge on any atom is -0.497 e. The van der Waals surface area contributed by atoms with Crippen LogP contribution in [0.4, 0.5) is 0 Å². The van der Waals surface area contributed by atoms with Crippen molar-refractivity contribution >= 4 is 5.91 Å². The molecular weight excluding hydrogens is 334 g/mol. The van der Waals surface area contributed by atoms with Gasteiger partial charge in [0.15, 0.2) is 0 Å². The van der Waals surface area contributed by atoms with E-state index in [0.29, 0.717) is 28.7 Å². The number of aromatic nitrogens is 2. The molecule has 2 N–H and O–H groups in total. The summed E-state index contributed by atoms with van der Waals surface area (Å²) in [6.07, 6.45) is -0.0702. The molecule has 0 aliphatic carbocycles. The molecule has 7 nitrogen and oxygen atoms in total. The smallest absolute Gasteiger partial charge is 0.269 e. The SMILES string of the molecule is COc1cc(OC)cc(C(O)CNC(=O)c2cc(CC(C)C)nn2C)c1. The fourth-order valence-corrected chi connectivity index (χ4v) is 2.68.